The van der Waals surface area contributed by atoms with Crippen molar-refractivity contribution in [1.29, 1.82) is 0 Å². The van der Waals surface area contributed by atoms with Crippen LogP contribution in [-0.4, -0.2) is 18.1 Å². The van der Waals surface area contributed by atoms with E-state index in [1.165, 1.54) is 36.4 Å². The van der Waals surface area contributed by atoms with Crippen LogP contribution in [0.3, 0.4) is 0 Å². The van der Waals surface area contributed by atoms with Gasteiger partial charge in [0.2, 0.25) is 0 Å². The van der Waals surface area contributed by atoms with E-state index in [0.29, 0.717) is 0 Å². The maximum Gasteiger partial charge on any atom is 0.0797 e. The highest BCUT2D eigenvalue weighted by molar-refractivity contribution is 7.09. The number of nitrogens with one attached hydrogen (secondary N) is 1. The highest BCUT2D eigenvalue weighted by Crippen LogP contribution is 2.25. The van der Waals surface area contributed by atoms with Gasteiger partial charge in [-0.25, -0.2) is 4.98 Å². The molecular formula is C11H18N2S. The zero-order chi connectivity index (χ0) is 9.80. The molecule has 0 unspecified atom stereocenters. The van der Waals surface area contributed by atoms with Crippen LogP contribution in [0.1, 0.15) is 29.8 Å². The topological polar surface area (TPSA) is 24.9 Å². The van der Waals surface area contributed by atoms with Gasteiger partial charge in [-0.15, -0.1) is 11.3 Å². The molecule has 1 heterocycles. The molecule has 1 aliphatic rings. The molecule has 2 nitrogen and oxygen atoms in total. The number of rotatable bonds is 5. The number of nitrogens with zero attached hydrogens (tertiary/aromatic N) is 1. The van der Waals surface area contributed by atoms with E-state index in [1.807, 2.05) is 5.51 Å². The summed E-state index contributed by atoms with van der Waals surface area (Å²) in [6, 6.07) is 0. The van der Waals surface area contributed by atoms with Crippen LogP contribution in [0.15, 0.2) is 5.51 Å². The number of aryl methyl sites for hydroxylation is 1. The van der Waals surface area contributed by atoms with E-state index in [4.69, 9.17) is 0 Å². The third-order valence-corrected chi connectivity index (χ3v) is 4.03. The summed E-state index contributed by atoms with van der Waals surface area (Å²) in [6.07, 6.45) is 5.46. The standard InChI is InChI=1S/C11H18N2S/c1-9-11(14-8-13-9)5-6-12-7-10-3-2-4-10/h8,10,12H,2-7H2,1H3. The molecule has 0 bridgehead atoms. The van der Waals surface area contributed by atoms with Crippen LogP contribution in [0.4, 0.5) is 0 Å². The smallest absolute Gasteiger partial charge is 0.0797 e. The van der Waals surface area contributed by atoms with E-state index in [-0.39, 0.29) is 0 Å². The zero-order valence-corrected chi connectivity index (χ0v) is 9.57. The van der Waals surface area contributed by atoms with Crippen molar-refractivity contribution in [2.45, 2.75) is 32.6 Å². The van der Waals surface area contributed by atoms with Gasteiger partial charge in [0.25, 0.3) is 0 Å². The Kier molecular flexibility index (Phi) is 3.54. The van der Waals surface area contributed by atoms with E-state index in [0.717, 1.165) is 18.9 Å². The molecule has 1 N–H and O–H groups in total. The number of aromatic nitrogens is 1. The molecule has 0 saturated heterocycles. The molecule has 14 heavy (non-hydrogen) atoms. The SMILES string of the molecule is Cc1ncsc1CCNCC1CCC1. The number of hydrogen-bond donors (Lipinski definition) is 1. The average Bonchev–Trinajstić information content (AvgIpc) is 2.48. The third kappa shape index (κ3) is 2.55. The summed E-state index contributed by atoms with van der Waals surface area (Å²) in [7, 11) is 0. The molecule has 1 saturated carbocycles. The molecule has 1 aromatic heterocycles. The lowest BCUT2D eigenvalue weighted by molar-refractivity contribution is 0.303. The Hall–Kier alpha value is -0.410. The summed E-state index contributed by atoms with van der Waals surface area (Å²) in [5.74, 6) is 0.970. The van der Waals surface area contributed by atoms with Crippen molar-refractivity contribution in [2.75, 3.05) is 13.1 Å². The lowest BCUT2D eigenvalue weighted by atomic mass is 9.85. The zero-order valence-electron chi connectivity index (χ0n) is 8.75. The fraction of sp³-hybridized carbons (Fsp3) is 0.727. The Morgan fingerprint density at radius 2 is 2.43 bits per heavy atom. The fourth-order valence-electron chi connectivity index (χ4n) is 1.77. The van der Waals surface area contributed by atoms with E-state index in [9.17, 15) is 0 Å². The Balaban J connectivity index is 1.60. The van der Waals surface area contributed by atoms with Crippen molar-refractivity contribution in [1.82, 2.24) is 10.3 Å². The van der Waals surface area contributed by atoms with Gasteiger partial charge in [0.1, 0.15) is 0 Å². The summed E-state index contributed by atoms with van der Waals surface area (Å²) in [5, 5.41) is 3.53. The summed E-state index contributed by atoms with van der Waals surface area (Å²) >= 11 is 1.78. The quantitative estimate of drug-likeness (QED) is 0.755. The van der Waals surface area contributed by atoms with Crippen molar-refractivity contribution in [3.8, 4) is 0 Å². The summed E-state index contributed by atoms with van der Waals surface area (Å²) < 4.78 is 0. The van der Waals surface area contributed by atoms with Crippen LogP contribution in [0.25, 0.3) is 0 Å². The minimum Gasteiger partial charge on any atom is -0.316 e. The molecule has 1 fully saturated rings. The molecular weight excluding hydrogens is 192 g/mol. The van der Waals surface area contributed by atoms with Gasteiger partial charge in [-0.2, -0.15) is 0 Å². The van der Waals surface area contributed by atoms with Gasteiger partial charge in [-0.1, -0.05) is 6.42 Å². The van der Waals surface area contributed by atoms with Gasteiger partial charge in [0.05, 0.1) is 11.2 Å². The lowest BCUT2D eigenvalue weighted by Gasteiger charge is -2.25. The molecule has 78 valence electrons. The van der Waals surface area contributed by atoms with Crippen molar-refractivity contribution < 1.29 is 0 Å². The molecule has 0 spiro atoms. The van der Waals surface area contributed by atoms with Crippen LogP contribution < -0.4 is 5.32 Å². The maximum atomic E-state index is 4.25. The molecule has 0 amide bonds. The second-order valence-corrected chi connectivity index (χ2v) is 5.05. The average molecular weight is 210 g/mol. The molecule has 0 radical (unpaired) electrons. The van der Waals surface area contributed by atoms with Crippen LogP contribution in [0.2, 0.25) is 0 Å². The monoisotopic (exact) mass is 210 g/mol. The number of hydrogen-bond acceptors (Lipinski definition) is 3. The fourth-order valence-corrected chi connectivity index (χ4v) is 2.55. The Morgan fingerprint density at radius 3 is 3.00 bits per heavy atom. The highest BCUT2D eigenvalue weighted by Gasteiger charge is 2.16. The molecule has 0 aliphatic heterocycles. The molecule has 1 aromatic rings. The normalized spacial score (nSPS) is 16.9. The van der Waals surface area contributed by atoms with E-state index in [1.54, 1.807) is 11.3 Å². The van der Waals surface area contributed by atoms with Gasteiger partial charge in [0, 0.05) is 11.4 Å². The predicted molar refractivity (Wildman–Crippen MR) is 60.8 cm³/mol. The van der Waals surface area contributed by atoms with Gasteiger partial charge >= 0.3 is 0 Å². The maximum absolute atomic E-state index is 4.25. The lowest BCUT2D eigenvalue weighted by Crippen LogP contribution is -2.28. The van der Waals surface area contributed by atoms with E-state index in [2.05, 4.69) is 17.2 Å². The molecule has 2 rings (SSSR count). The largest absolute Gasteiger partial charge is 0.316 e. The molecule has 3 heteroatoms. The highest BCUT2D eigenvalue weighted by atomic mass is 32.1. The van der Waals surface area contributed by atoms with Gasteiger partial charge in [-0.05, 0) is 38.6 Å². The second-order valence-electron chi connectivity index (χ2n) is 4.11. The first-order chi connectivity index (χ1) is 6.86. The van der Waals surface area contributed by atoms with Crippen LogP contribution >= 0.6 is 11.3 Å². The van der Waals surface area contributed by atoms with Crippen molar-refractivity contribution in [3.63, 3.8) is 0 Å². The molecule has 0 aromatic carbocycles. The molecule has 1 aliphatic carbocycles. The van der Waals surface area contributed by atoms with Crippen LogP contribution in [-0.2, 0) is 6.42 Å². The minimum atomic E-state index is 0.970. The summed E-state index contributed by atoms with van der Waals surface area (Å²) in [6.45, 7) is 4.43. The summed E-state index contributed by atoms with van der Waals surface area (Å²) in [5.41, 5.74) is 3.15. The van der Waals surface area contributed by atoms with Gasteiger partial charge in [-0.3, -0.25) is 0 Å². The first-order valence-corrected chi connectivity index (χ1v) is 6.34. The van der Waals surface area contributed by atoms with Gasteiger partial charge < -0.3 is 5.32 Å². The third-order valence-electron chi connectivity index (χ3n) is 3.03. The van der Waals surface area contributed by atoms with E-state index >= 15 is 0 Å². The number of thiazole rings is 1. The first kappa shape index (κ1) is 10.1. The van der Waals surface area contributed by atoms with Crippen molar-refractivity contribution >= 4 is 11.3 Å². The van der Waals surface area contributed by atoms with Crippen LogP contribution in [0, 0.1) is 12.8 Å². The minimum absolute atomic E-state index is 0.970. The second kappa shape index (κ2) is 4.89. The molecule has 0 atom stereocenters. The van der Waals surface area contributed by atoms with Gasteiger partial charge in [0.15, 0.2) is 0 Å². The predicted octanol–water partition coefficient (Wildman–Crippen LogP) is 2.38. The van der Waals surface area contributed by atoms with Crippen molar-refractivity contribution in [3.05, 3.63) is 16.1 Å². The Morgan fingerprint density at radius 1 is 1.57 bits per heavy atom. The Labute approximate surface area is 89.8 Å². The first-order valence-electron chi connectivity index (χ1n) is 5.46. The van der Waals surface area contributed by atoms with Crippen LogP contribution in [0.5, 0.6) is 0 Å². The Bertz CT molecular complexity index is 279. The summed E-state index contributed by atoms with van der Waals surface area (Å²) in [4.78, 5) is 5.68. The van der Waals surface area contributed by atoms with Crippen molar-refractivity contribution in [2.24, 2.45) is 5.92 Å². The van der Waals surface area contributed by atoms with E-state index < -0.39 is 0 Å².